The first-order valence-corrected chi connectivity index (χ1v) is 8.13. The lowest BCUT2D eigenvalue weighted by Gasteiger charge is -2.16. The van der Waals surface area contributed by atoms with Gasteiger partial charge in [-0.2, -0.15) is 0 Å². The van der Waals surface area contributed by atoms with Crippen molar-refractivity contribution in [2.24, 2.45) is 5.92 Å². The van der Waals surface area contributed by atoms with Crippen molar-refractivity contribution in [1.29, 1.82) is 0 Å². The second-order valence-electron chi connectivity index (χ2n) is 5.99. The maximum atomic E-state index is 11.4. The number of carbonyl (C=O) groups is 2. The van der Waals surface area contributed by atoms with Gasteiger partial charge in [0.2, 0.25) is 0 Å². The van der Waals surface area contributed by atoms with Crippen molar-refractivity contribution >= 4 is 12.6 Å². The Labute approximate surface area is 152 Å². The van der Waals surface area contributed by atoms with Crippen LogP contribution in [0.5, 0.6) is 28.7 Å². The van der Waals surface area contributed by atoms with Gasteiger partial charge in [-0.05, 0) is 30.2 Å². The Morgan fingerprint density at radius 3 is 2.12 bits per heavy atom. The minimum atomic E-state index is 0.273. The molecule has 0 bridgehead atoms. The molecule has 0 aliphatic carbocycles. The van der Waals surface area contributed by atoms with Crippen molar-refractivity contribution in [2.45, 2.75) is 13.8 Å². The standard InChI is InChI=1S/C20H22O6/c1-13(2)12-25-16-6-5-14(10-21)7-20(16)26-17-9-19(24-4)18(23-3)8-15(17)11-22/h5-11,13H,12H2,1-4H3. The largest absolute Gasteiger partial charge is 0.493 e. The summed E-state index contributed by atoms with van der Waals surface area (Å²) in [5.41, 5.74) is 0.721. The van der Waals surface area contributed by atoms with Crippen LogP contribution in [-0.4, -0.2) is 33.4 Å². The summed E-state index contributed by atoms with van der Waals surface area (Å²) in [5, 5.41) is 0. The lowest BCUT2D eigenvalue weighted by Crippen LogP contribution is -2.06. The monoisotopic (exact) mass is 358 g/mol. The average molecular weight is 358 g/mol. The number of hydrogen-bond donors (Lipinski definition) is 0. The minimum Gasteiger partial charge on any atom is -0.493 e. The summed E-state index contributed by atoms with van der Waals surface area (Å²) < 4.78 is 22.1. The van der Waals surface area contributed by atoms with Crippen LogP contribution in [0, 0.1) is 5.92 Å². The maximum Gasteiger partial charge on any atom is 0.170 e. The summed E-state index contributed by atoms with van der Waals surface area (Å²) in [6.07, 6.45) is 1.38. The van der Waals surface area contributed by atoms with Gasteiger partial charge in [-0.15, -0.1) is 0 Å². The molecule has 0 radical (unpaired) electrons. The van der Waals surface area contributed by atoms with E-state index in [1.54, 1.807) is 24.3 Å². The predicted octanol–water partition coefficient (Wildman–Crippen LogP) is 4.16. The molecular formula is C20H22O6. The molecule has 6 nitrogen and oxygen atoms in total. The molecular weight excluding hydrogens is 336 g/mol. The molecule has 0 N–H and O–H groups in total. The summed E-state index contributed by atoms with van der Waals surface area (Å²) in [6, 6.07) is 7.96. The number of benzene rings is 2. The van der Waals surface area contributed by atoms with Gasteiger partial charge < -0.3 is 18.9 Å². The van der Waals surface area contributed by atoms with Crippen molar-refractivity contribution in [2.75, 3.05) is 20.8 Å². The van der Waals surface area contributed by atoms with Gasteiger partial charge in [0.1, 0.15) is 12.0 Å². The molecule has 0 aliphatic rings. The van der Waals surface area contributed by atoms with Gasteiger partial charge >= 0.3 is 0 Å². The molecule has 0 fully saturated rings. The molecule has 26 heavy (non-hydrogen) atoms. The summed E-state index contributed by atoms with van der Waals surface area (Å²) in [5.74, 6) is 2.25. The molecule has 0 aliphatic heterocycles. The number of rotatable bonds is 9. The lowest BCUT2D eigenvalue weighted by molar-refractivity contribution is 0.111. The molecule has 0 spiro atoms. The highest BCUT2D eigenvalue weighted by Crippen LogP contribution is 2.39. The number of hydrogen-bond acceptors (Lipinski definition) is 6. The van der Waals surface area contributed by atoms with Crippen molar-refractivity contribution in [3.05, 3.63) is 41.5 Å². The summed E-state index contributed by atoms with van der Waals surface area (Å²) in [4.78, 5) is 22.6. The molecule has 2 aromatic carbocycles. The average Bonchev–Trinajstić information content (AvgIpc) is 2.66. The fourth-order valence-electron chi connectivity index (χ4n) is 2.23. The fraction of sp³-hybridized carbons (Fsp3) is 0.300. The Morgan fingerprint density at radius 2 is 1.54 bits per heavy atom. The molecule has 0 heterocycles. The van der Waals surface area contributed by atoms with E-state index in [-0.39, 0.29) is 11.3 Å². The van der Waals surface area contributed by atoms with E-state index in [1.807, 2.05) is 13.8 Å². The third-order valence-electron chi connectivity index (χ3n) is 3.54. The molecule has 0 atom stereocenters. The SMILES string of the molecule is COc1cc(C=O)c(Oc2cc(C=O)ccc2OCC(C)C)cc1OC. The minimum absolute atomic E-state index is 0.273. The van der Waals surface area contributed by atoms with Crippen LogP contribution in [-0.2, 0) is 0 Å². The number of methoxy groups -OCH3 is 2. The van der Waals surface area contributed by atoms with Gasteiger partial charge in [0.25, 0.3) is 0 Å². The van der Waals surface area contributed by atoms with Gasteiger partial charge in [0, 0.05) is 11.6 Å². The van der Waals surface area contributed by atoms with Crippen molar-refractivity contribution < 1.29 is 28.5 Å². The Morgan fingerprint density at radius 1 is 0.846 bits per heavy atom. The molecule has 2 aromatic rings. The van der Waals surface area contributed by atoms with Gasteiger partial charge in [-0.3, -0.25) is 9.59 Å². The maximum absolute atomic E-state index is 11.4. The van der Waals surface area contributed by atoms with E-state index in [0.717, 1.165) is 0 Å². The lowest BCUT2D eigenvalue weighted by atomic mass is 10.1. The molecule has 138 valence electrons. The number of ether oxygens (including phenoxy) is 4. The third kappa shape index (κ3) is 4.53. The predicted molar refractivity (Wildman–Crippen MR) is 97.2 cm³/mol. The molecule has 2 rings (SSSR count). The Kier molecular flexibility index (Phi) is 6.60. The fourth-order valence-corrected chi connectivity index (χ4v) is 2.23. The van der Waals surface area contributed by atoms with E-state index in [4.69, 9.17) is 18.9 Å². The second kappa shape index (κ2) is 8.89. The van der Waals surface area contributed by atoms with Crippen LogP contribution >= 0.6 is 0 Å². The van der Waals surface area contributed by atoms with Crippen molar-refractivity contribution in [1.82, 2.24) is 0 Å². The molecule has 0 saturated heterocycles. The van der Waals surface area contributed by atoms with E-state index in [0.29, 0.717) is 53.7 Å². The van der Waals surface area contributed by atoms with Crippen molar-refractivity contribution in [3.8, 4) is 28.7 Å². The highest BCUT2D eigenvalue weighted by atomic mass is 16.5. The van der Waals surface area contributed by atoms with Crippen LogP contribution in [0.4, 0.5) is 0 Å². The van der Waals surface area contributed by atoms with E-state index in [2.05, 4.69) is 0 Å². The van der Waals surface area contributed by atoms with E-state index < -0.39 is 0 Å². The first-order valence-electron chi connectivity index (χ1n) is 8.13. The molecule has 0 unspecified atom stereocenters. The zero-order valence-electron chi connectivity index (χ0n) is 15.3. The topological polar surface area (TPSA) is 71.1 Å². The van der Waals surface area contributed by atoms with Gasteiger partial charge in [0.15, 0.2) is 29.3 Å². The normalized spacial score (nSPS) is 10.3. The quantitative estimate of drug-likeness (QED) is 0.627. The van der Waals surface area contributed by atoms with Crippen LogP contribution in [0.15, 0.2) is 30.3 Å². The van der Waals surface area contributed by atoms with Crippen LogP contribution in [0.2, 0.25) is 0 Å². The van der Waals surface area contributed by atoms with Gasteiger partial charge in [0.05, 0.1) is 26.4 Å². The van der Waals surface area contributed by atoms with Crippen molar-refractivity contribution in [3.63, 3.8) is 0 Å². The Bertz CT molecular complexity index is 782. The van der Waals surface area contributed by atoms with E-state index in [1.165, 1.54) is 20.3 Å². The zero-order chi connectivity index (χ0) is 19.1. The van der Waals surface area contributed by atoms with Gasteiger partial charge in [-0.25, -0.2) is 0 Å². The first-order chi connectivity index (χ1) is 12.5. The highest BCUT2D eigenvalue weighted by molar-refractivity contribution is 5.82. The van der Waals surface area contributed by atoms with E-state index in [9.17, 15) is 9.59 Å². The summed E-state index contributed by atoms with van der Waals surface area (Å²) >= 11 is 0. The first kappa shape index (κ1) is 19.3. The second-order valence-corrected chi connectivity index (χ2v) is 5.99. The summed E-state index contributed by atoms with van der Waals surface area (Å²) in [6.45, 7) is 4.54. The third-order valence-corrected chi connectivity index (χ3v) is 3.54. The molecule has 0 amide bonds. The van der Waals surface area contributed by atoms with Crippen LogP contribution in [0.1, 0.15) is 34.6 Å². The molecule has 0 saturated carbocycles. The molecule has 6 heteroatoms. The zero-order valence-corrected chi connectivity index (χ0v) is 15.3. The number of carbonyl (C=O) groups excluding carboxylic acids is 2. The van der Waals surface area contributed by atoms with Crippen LogP contribution < -0.4 is 18.9 Å². The smallest absolute Gasteiger partial charge is 0.170 e. The van der Waals surface area contributed by atoms with Crippen LogP contribution in [0.25, 0.3) is 0 Å². The molecule has 0 aromatic heterocycles. The van der Waals surface area contributed by atoms with Crippen LogP contribution in [0.3, 0.4) is 0 Å². The van der Waals surface area contributed by atoms with E-state index >= 15 is 0 Å². The Balaban J connectivity index is 2.45. The number of aldehydes is 2. The van der Waals surface area contributed by atoms with Gasteiger partial charge in [-0.1, -0.05) is 13.8 Å². The Hall–Kier alpha value is -3.02. The highest BCUT2D eigenvalue weighted by Gasteiger charge is 2.15. The summed E-state index contributed by atoms with van der Waals surface area (Å²) in [7, 11) is 2.98.